The van der Waals surface area contributed by atoms with Crippen molar-refractivity contribution in [3.63, 3.8) is 0 Å². The maximum Gasteiger partial charge on any atom is 0.240 e. The van der Waals surface area contributed by atoms with E-state index in [-0.39, 0.29) is 22.6 Å². The maximum absolute atomic E-state index is 12.1. The van der Waals surface area contributed by atoms with Gasteiger partial charge in [0, 0.05) is 11.6 Å². The summed E-state index contributed by atoms with van der Waals surface area (Å²) in [5, 5.41) is 0. The molecule has 1 rings (SSSR count). The van der Waals surface area contributed by atoms with Gasteiger partial charge in [0.1, 0.15) is 0 Å². The largest absolute Gasteiger partial charge is 0.295 e. The molecule has 0 aromatic heterocycles. The molecule has 0 unspecified atom stereocenters. The summed E-state index contributed by atoms with van der Waals surface area (Å²) in [4.78, 5) is 11.4. The van der Waals surface area contributed by atoms with E-state index in [0.29, 0.717) is 5.56 Å². The monoisotopic (exact) mass is 269 g/mol. The quantitative estimate of drug-likeness (QED) is 0.834. The van der Waals surface area contributed by atoms with Crippen molar-refractivity contribution in [2.24, 2.45) is 5.92 Å². The molecule has 0 bridgehead atoms. The summed E-state index contributed by atoms with van der Waals surface area (Å²) in [5.74, 6) is 0.0553. The van der Waals surface area contributed by atoms with Crippen LogP contribution in [0.4, 0.5) is 0 Å². The van der Waals surface area contributed by atoms with E-state index in [0.717, 1.165) is 0 Å². The number of hydrogen-bond donors (Lipinski definition) is 1. The lowest BCUT2D eigenvalue weighted by Gasteiger charge is -2.17. The molecule has 0 spiro atoms. The molecule has 0 saturated heterocycles. The Kier molecular flexibility index (Phi) is 4.65. The lowest BCUT2D eigenvalue weighted by Crippen LogP contribution is -2.36. The minimum absolute atomic E-state index is 0.128. The average molecular weight is 269 g/mol. The van der Waals surface area contributed by atoms with Crippen molar-refractivity contribution < 1.29 is 13.2 Å². The number of benzene rings is 1. The van der Waals surface area contributed by atoms with Crippen LogP contribution in [0.3, 0.4) is 0 Å². The van der Waals surface area contributed by atoms with Crippen molar-refractivity contribution in [1.29, 1.82) is 0 Å². The fourth-order valence-electron chi connectivity index (χ4n) is 1.33. The zero-order valence-electron chi connectivity index (χ0n) is 11.1. The Morgan fingerprint density at radius 3 is 2.33 bits per heavy atom. The Morgan fingerprint density at radius 1 is 1.22 bits per heavy atom. The van der Waals surface area contributed by atoms with Gasteiger partial charge in [-0.1, -0.05) is 26.0 Å². The summed E-state index contributed by atoms with van der Waals surface area (Å²) in [5.41, 5.74) is 0.398. The highest BCUT2D eigenvalue weighted by atomic mass is 32.2. The maximum atomic E-state index is 12.1. The summed E-state index contributed by atoms with van der Waals surface area (Å²) in [6.07, 6.45) is 0. The van der Waals surface area contributed by atoms with E-state index in [9.17, 15) is 13.2 Å². The number of sulfonamides is 1. The minimum Gasteiger partial charge on any atom is -0.295 e. The first kappa shape index (κ1) is 14.9. The van der Waals surface area contributed by atoms with Gasteiger partial charge in [-0.15, -0.1) is 0 Å². The molecule has 0 heterocycles. The third kappa shape index (κ3) is 3.65. The first-order valence-corrected chi connectivity index (χ1v) is 7.35. The van der Waals surface area contributed by atoms with Gasteiger partial charge >= 0.3 is 0 Å². The molecule has 0 radical (unpaired) electrons. The van der Waals surface area contributed by atoms with Crippen LogP contribution in [0.5, 0.6) is 0 Å². The predicted octanol–water partition coefficient (Wildman–Crippen LogP) is 2.21. The van der Waals surface area contributed by atoms with Gasteiger partial charge in [-0.05, 0) is 31.9 Å². The highest BCUT2D eigenvalue weighted by molar-refractivity contribution is 7.89. The molecule has 1 atom stereocenters. The average Bonchev–Trinajstić information content (AvgIpc) is 2.28. The van der Waals surface area contributed by atoms with Gasteiger partial charge in [-0.2, -0.15) is 0 Å². The normalized spacial score (nSPS) is 13.6. The first-order valence-electron chi connectivity index (χ1n) is 5.87. The zero-order valence-corrected chi connectivity index (χ0v) is 11.9. The summed E-state index contributed by atoms with van der Waals surface area (Å²) in [6.45, 7) is 7.12. The molecule has 1 aromatic carbocycles. The molecule has 0 fully saturated rings. The fraction of sp³-hybridized carbons (Fsp3) is 0.462. The Morgan fingerprint density at radius 2 is 1.83 bits per heavy atom. The van der Waals surface area contributed by atoms with Crippen LogP contribution >= 0.6 is 0 Å². The first-order chi connectivity index (χ1) is 8.24. The number of carbonyl (C=O) groups excluding carboxylic acids is 1. The lowest BCUT2D eigenvalue weighted by molar-refractivity contribution is 0.101. The molecule has 5 heteroatoms. The van der Waals surface area contributed by atoms with E-state index in [1.54, 1.807) is 12.1 Å². The predicted molar refractivity (Wildman–Crippen MR) is 71.1 cm³/mol. The van der Waals surface area contributed by atoms with E-state index >= 15 is 0 Å². The second kappa shape index (κ2) is 5.63. The molecule has 4 nitrogen and oxygen atoms in total. The van der Waals surface area contributed by atoms with E-state index in [1.807, 2.05) is 20.8 Å². The van der Waals surface area contributed by atoms with Crippen LogP contribution in [-0.4, -0.2) is 20.2 Å². The second-order valence-corrected chi connectivity index (χ2v) is 6.45. The highest BCUT2D eigenvalue weighted by Crippen LogP contribution is 2.14. The summed E-state index contributed by atoms with van der Waals surface area (Å²) >= 11 is 0. The van der Waals surface area contributed by atoms with Gasteiger partial charge in [0.05, 0.1) is 4.90 Å². The van der Waals surface area contributed by atoms with Crippen molar-refractivity contribution in [3.05, 3.63) is 29.8 Å². The van der Waals surface area contributed by atoms with Crippen LogP contribution in [-0.2, 0) is 10.0 Å². The summed E-state index contributed by atoms with van der Waals surface area (Å²) in [7, 11) is -3.56. The summed E-state index contributed by atoms with van der Waals surface area (Å²) < 4.78 is 26.8. The molecule has 100 valence electrons. The van der Waals surface area contributed by atoms with Crippen LogP contribution in [0.25, 0.3) is 0 Å². The van der Waals surface area contributed by atoms with Gasteiger partial charge in [0.2, 0.25) is 10.0 Å². The van der Waals surface area contributed by atoms with Crippen molar-refractivity contribution >= 4 is 15.8 Å². The molecule has 0 saturated carbocycles. The van der Waals surface area contributed by atoms with Crippen LogP contribution in [0.1, 0.15) is 38.1 Å². The van der Waals surface area contributed by atoms with Crippen LogP contribution in [0, 0.1) is 5.92 Å². The minimum atomic E-state index is -3.56. The smallest absolute Gasteiger partial charge is 0.240 e. The standard InChI is InChI=1S/C13H19NO3S/c1-9(2)10(3)14-18(16,17)13-7-5-6-12(8-13)11(4)15/h5-10,14H,1-4H3/t10-/m0/s1. The Hall–Kier alpha value is -1.20. The van der Waals surface area contributed by atoms with Crippen molar-refractivity contribution in [2.75, 3.05) is 0 Å². The van der Waals surface area contributed by atoms with Crippen LogP contribution < -0.4 is 4.72 Å². The van der Waals surface area contributed by atoms with Crippen molar-refractivity contribution in [2.45, 2.75) is 38.6 Å². The van der Waals surface area contributed by atoms with Gasteiger partial charge in [-0.25, -0.2) is 13.1 Å². The number of ketones is 1. The Balaban J connectivity index is 3.05. The molecule has 18 heavy (non-hydrogen) atoms. The third-order valence-corrected chi connectivity index (χ3v) is 4.45. The number of hydrogen-bond acceptors (Lipinski definition) is 3. The lowest BCUT2D eigenvalue weighted by atomic mass is 10.1. The number of Topliss-reactive ketones (excluding diaryl/α,β-unsaturated/α-hetero) is 1. The molecule has 0 aliphatic carbocycles. The molecular weight excluding hydrogens is 250 g/mol. The van der Waals surface area contributed by atoms with Gasteiger partial charge in [0.25, 0.3) is 0 Å². The Bertz CT molecular complexity index is 535. The van der Waals surface area contributed by atoms with Crippen molar-refractivity contribution in [1.82, 2.24) is 4.72 Å². The fourth-order valence-corrected chi connectivity index (χ4v) is 2.77. The van der Waals surface area contributed by atoms with Crippen molar-refractivity contribution in [3.8, 4) is 0 Å². The van der Waals surface area contributed by atoms with E-state index in [2.05, 4.69) is 4.72 Å². The molecule has 0 aliphatic rings. The van der Waals surface area contributed by atoms with E-state index < -0.39 is 10.0 Å². The van der Waals surface area contributed by atoms with Gasteiger partial charge in [-0.3, -0.25) is 4.79 Å². The summed E-state index contributed by atoms with van der Waals surface area (Å²) in [6, 6.07) is 5.91. The topological polar surface area (TPSA) is 63.2 Å². The van der Waals surface area contributed by atoms with Gasteiger partial charge < -0.3 is 0 Å². The number of rotatable bonds is 5. The van der Waals surface area contributed by atoms with Crippen LogP contribution in [0.15, 0.2) is 29.2 Å². The Labute approximate surface area is 108 Å². The molecule has 1 N–H and O–H groups in total. The second-order valence-electron chi connectivity index (χ2n) is 4.74. The molecule has 0 aliphatic heterocycles. The van der Waals surface area contributed by atoms with E-state index in [1.165, 1.54) is 19.1 Å². The SMILES string of the molecule is CC(=O)c1cccc(S(=O)(=O)N[C@@H](C)C(C)C)c1. The third-order valence-electron chi connectivity index (χ3n) is 2.89. The highest BCUT2D eigenvalue weighted by Gasteiger charge is 2.19. The number of nitrogens with one attached hydrogen (secondary N) is 1. The molecule has 0 amide bonds. The zero-order chi connectivity index (χ0) is 13.9. The van der Waals surface area contributed by atoms with Gasteiger partial charge in [0.15, 0.2) is 5.78 Å². The molecular formula is C13H19NO3S. The van der Waals surface area contributed by atoms with Crippen LogP contribution in [0.2, 0.25) is 0 Å². The molecule has 1 aromatic rings. The number of carbonyl (C=O) groups is 1. The van der Waals surface area contributed by atoms with E-state index in [4.69, 9.17) is 0 Å².